The SMILES string of the molecule is CC1=NN(c2nc(-c3ccccc3)c(-c3ccccc3)o2)C(=O)C1. The van der Waals surface area contributed by atoms with Gasteiger partial charge in [0.05, 0.1) is 6.42 Å². The second-order valence-corrected chi connectivity index (χ2v) is 5.62. The maximum Gasteiger partial charge on any atom is 0.327 e. The minimum atomic E-state index is -0.132. The normalized spacial score (nSPS) is 14.1. The number of aromatic nitrogens is 1. The Labute approximate surface area is 139 Å². The Balaban J connectivity index is 1.87. The number of anilines is 1. The van der Waals surface area contributed by atoms with Crippen molar-refractivity contribution < 1.29 is 9.21 Å². The van der Waals surface area contributed by atoms with E-state index in [9.17, 15) is 4.79 Å². The molecular weight excluding hydrogens is 302 g/mol. The molecule has 0 atom stereocenters. The van der Waals surface area contributed by atoms with Gasteiger partial charge in [-0.15, -0.1) is 5.01 Å². The first-order chi connectivity index (χ1) is 11.7. The molecule has 1 aromatic heterocycles. The molecule has 0 radical (unpaired) electrons. The van der Waals surface area contributed by atoms with Gasteiger partial charge in [-0.05, 0) is 6.92 Å². The van der Waals surface area contributed by atoms with Crippen LogP contribution >= 0.6 is 0 Å². The lowest BCUT2D eigenvalue weighted by Crippen LogP contribution is -2.19. The van der Waals surface area contributed by atoms with Crippen molar-refractivity contribution in [2.45, 2.75) is 13.3 Å². The Kier molecular flexibility index (Phi) is 3.46. The molecule has 0 saturated heterocycles. The maximum atomic E-state index is 12.1. The highest BCUT2D eigenvalue weighted by Crippen LogP contribution is 2.36. The summed E-state index contributed by atoms with van der Waals surface area (Å²) in [6, 6.07) is 19.7. The van der Waals surface area contributed by atoms with Gasteiger partial charge in [0.15, 0.2) is 5.76 Å². The number of hydrogen-bond acceptors (Lipinski definition) is 4. The number of hydrazone groups is 1. The smallest absolute Gasteiger partial charge is 0.327 e. The molecule has 0 saturated carbocycles. The molecule has 0 bridgehead atoms. The van der Waals surface area contributed by atoms with Crippen molar-refractivity contribution in [1.82, 2.24) is 4.98 Å². The Bertz CT molecular complexity index is 857. The first kappa shape index (κ1) is 14.4. The molecule has 5 heteroatoms. The van der Waals surface area contributed by atoms with E-state index in [1.165, 1.54) is 5.01 Å². The van der Waals surface area contributed by atoms with Gasteiger partial charge in [0.1, 0.15) is 5.69 Å². The molecule has 0 spiro atoms. The first-order valence-electron chi connectivity index (χ1n) is 7.71. The summed E-state index contributed by atoms with van der Waals surface area (Å²) < 4.78 is 5.94. The van der Waals surface area contributed by atoms with Crippen LogP contribution in [-0.4, -0.2) is 16.6 Å². The molecule has 2 aromatic carbocycles. The van der Waals surface area contributed by atoms with E-state index in [1.54, 1.807) is 0 Å². The fourth-order valence-electron chi connectivity index (χ4n) is 2.68. The van der Waals surface area contributed by atoms with E-state index in [4.69, 9.17) is 4.42 Å². The summed E-state index contributed by atoms with van der Waals surface area (Å²) in [7, 11) is 0. The molecular formula is C19H15N3O2. The molecule has 2 heterocycles. The van der Waals surface area contributed by atoms with Crippen molar-refractivity contribution in [3.05, 3.63) is 60.7 Å². The molecule has 3 aromatic rings. The number of nitrogens with zero attached hydrogens (tertiary/aromatic N) is 3. The third-order valence-electron chi connectivity index (χ3n) is 3.79. The molecule has 24 heavy (non-hydrogen) atoms. The summed E-state index contributed by atoms with van der Waals surface area (Å²) in [6.07, 6.45) is 0.295. The van der Waals surface area contributed by atoms with Gasteiger partial charge in [-0.25, -0.2) is 0 Å². The van der Waals surface area contributed by atoms with Crippen molar-refractivity contribution in [2.24, 2.45) is 5.10 Å². The van der Waals surface area contributed by atoms with E-state index < -0.39 is 0 Å². The van der Waals surface area contributed by atoms with Crippen molar-refractivity contribution >= 4 is 17.6 Å². The molecule has 0 unspecified atom stereocenters. The fourth-order valence-corrected chi connectivity index (χ4v) is 2.68. The molecule has 1 aliphatic heterocycles. The molecule has 118 valence electrons. The Morgan fingerprint density at radius 3 is 2.17 bits per heavy atom. The summed E-state index contributed by atoms with van der Waals surface area (Å²) in [5.74, 6) is 0.498. The summed E-state index contributed by atoms with van der Waals surface area (Å²) in [5.41, 5.74) is 3.28. The summed E-state index contributed by atoms with van der Waals surface area (Å²) in [4.78, 5) is 16.6. The van der Waals surface area contributed by atoms with Crippen LogP contribution in [-0.2, 0) is 4.79 Å². The summed E-state index contributed by atoms with van der Waals surface area (Å²) >= 11 is 0. The van der Waals surface area contributed by atoms with Crippen LogP contribution in [0.1, 0.15) is 13.3 Å². The fraction of sp³-hybridized carbons (Fsp3) is 0.105. The van der Waals surface area contributed by atoms with Crippen LogP contribution in [0.4, 0.5) is 6.01 Å². The highest BCUT2D eigenvalue weighted by atomic mass is 16.4. The van der Waals surface area contributed by atoms with Crippen molar-refractivity contribution in [2.75, 3.05) is 5.01 Å². The lowest BCUT2D eigenvalue weighted by molar-refractivity contribution is -0.117. The second-order valence-electron chi connectivity index (χ2n) is 5.62. The predicted octanol–water partition coefficient (Wildman–Crippen LogP) is 4.12. The van der Waals surface area contributed by atoms with Gasteiger partial charge < -0.3 is 4.42 Å². The van der Waals surface area contributed by atoms with E-state index in [-0.39, 0.29) is 11.9 Å². The number of amides is 1. The third-order valence-corrected chi connectivity index (χ3v) is 3.79. The predicted molar refractivity (Wildman–Crippen MR) is 92.6 cm³/mol. The van der Waals surface area contributed by atoms with Crippen molar-refractivity contribution in [3.8, 4) is 22.6 Å². The van der Waals surface area contributed by atoms with Crippen molar-refractivity contribution in [1.29, 1.82) is 0 Å². The second kappa shape index (κ2) is 5.77. The molecule has 1 amide bonds. The highest BCUT2D eigenvalue weighted by Gasteiger charge is 2.29. The van der Waals surface area contributed by atoms with Gasteiger partial charge >= 0.3 is 6.01 Å². The Morgan fingerprint density at radius 2 is 1.58 bits per heavy atom. The van der Waals surface area contributed by atoms with E-state index in [0.29, 0.717) is 17.9 Å². The zero-order valence-electron chi connectivity index (χ0n) is 13.1. The highest BCUT2D eigenvalue weighted by molar-refractivity contribution is 6.11. The third kappa shape index (κ3) is 2.50. The van der Waals surface area contributed by atoms with Gasteiger partial charge in [0.25, 0.3) is 5.91 Å². The molecule has 0 aliphatic carbocycles. The van der Waals surface area contributed by atoms with Gasteiger partial charge in [-0.2, -0.15) is 10.1 Å². The van der Waals surface area contributed by atoms with E-state index in [1.807, 2.05) is 67.6 Å². The quantitative estimate of drug-likeness (QED) is 0.730. The average Bonchev–Trinajstić information content (AvgIpc) is 3.19. The van der Waals surface area contributed by atoms with Crippen LogP contribution < -0.4 is 5.01 Å². The van der Waals surface area contributed by atoms with Gasteiger partial charge in [0, 0.05) is 16.8 Å². The van der Waals surface area contributed by atoms with Crippen LogP contribution in [0, 0.1) is 0 Å². The number of carbonyl (C=O) groups is 1. The first-order valence-corrected chi connectivity index (χ1v) is 7.71. The topological polar surface area (TPSA) is 58.7 Å². The van der Waals surface area contributed by atoms with Crippen LogP contribution in [0.2, 0.25) is 0 Å². The minimum absolute atomic E-state index is 0.132. The Hall–Kier alpha value is -3.21. The van der Waals surface area contributed by atoms with Crippen LogP contribution in [0.15, 0.2) is 70.2 Å². The number of oxazole rings is 1. The number of hydrogen-bond donors (Lipinski definition) is 0. The largest absolute Gasteiger partial charge is 0.421 e. The minimum Gasteiger partial charge on any atom is -0.421 e. The maximum absolute atomic E-state index is 12.1. The molecule has 4 rings (SSSR count). The zero-order valence-corrected chi connectivity index (χ0v) is 13.1. The Morgan fingerprint density at radius 1 is 0.958 bits per heavy atom. The molecule has 5 nitrogen and oxygen atoms in total. The lowest BCUT2D eigenvalue weighted by atomic mass is 10.1. The van der Waals surface area contributed by atoms with Crippen LogP contribution in [0.3, 0.4) is 0 Å². The van der Waals surface area contributed by atoms with Crippen LogP contribution in [0.25, 0.3) is 22.6 Å². The van der Waals surface area contributed by atoms with Gasteiger partial charge in [-0.1, -0.05) is 60.7 Å². The zero-order chi connectivity index (χ0) is 16.5. The van der Waals surface area contributed by atoms with Gasteiger partial charge in [-0.3, -0.25) is 4.79 Å². The van der Waals surface area contributed by atoms with E-state index in [2.05, 4.69) is 10.1 Å². The van der Waals surface area contributed by atoms with Gasteiger partial charge in [0.2, 0.25) is 0 Å². The van der Waals surface area contributed by atoms with Crippen LogP contribution in [0.5, 0.6) is 0 Å². The lowest BCUT2D eigenvalue weighted by Gasteiger charge is -2.04. The monoisotopic (exact) mass is 317 g/mol. The standard InChI is InChI=1S/C19H15N3O2/c1-13-12-16(23)22(21-13)19-20-17(14-8-4-2-5-9-14)18(24-19)15-10-6-3-7-11-15/h2-11H,12H2,1H3. The number of benzene rings is 2. The molecule has 1 aliphatic rings. The van der Waals surface area contributed by atoms with Crippen molar-refractivity contribution in [3.63, 3.8) is 0 Å². The summed E-state index contributed by atoms with van der Waals surface area (Å²) in [5, 5.41) is 5.47. The average molecular weight is 317 g/mol. The van der Waals surface area contributed by atoms with E-state index in [0.717, 1.165) is 16.8 Å². The number of rotatable bonds is 3. The summed E-state index contributed by atoms with van der Waals surface area (Å²) in [6.45, 7) is 1.82. The molecule has 0 fully saturated rings. The molecule has 0 N–H and O–H groups in total. The number of carbonyl (C=O) groups excluding carboxylic acids is 1. The van der Waals surface area contributed by atoms with E-state index >= 15 is 0 Å².